The zero-order chi connectivity index (χ0) is 20.4. The molecule has 0 radical (unpaired) electrons. The minimum atomic E-state index is -0.746. The number of hydrogen-bond donors (Lipinski definition) is 1. The highest BCUT2D eigenvalue weighted by Crippen LogP contribution is 2.29. The number of hydrogen-bond acceptors (Lipinski definition) is 6. The van der Waals surface area contributed by atoms with E-state index in [1.165, 1.54) is 22.0 Å². The normalized spacial score (nSPS) is 12.4. The van der Waals surface area contributed by atoms with Crippen LogP contribution in [0, 0.1) is 12.8 Å². The summed E-state index contributed by atoms with van der Waals surface area (Å²) < 4.78 is 6.92. The summed E-state index contributed by atoms with van der Waals surface area (Å²) in [6, 6.07) is 6.36. The van der Waals surface area contributed by atoms with Gasteiger partial charge in [0.1, 0.15) is 16.8 Å². The first-order valence-electron chi connectivity index (χ1n) is 9.14. The van der Waals surface area contributed by atoms with Crippen molar-refractivity contribution in [3.8, 4) is 5.75 Å². The van der Waals surface area contributed by atoms with Crippen LogP contribution in [0.15, 0.2) is 29.1 Å². The van der Waals surface area contributed by atoms with E-state index in [0.29, 0.717) is 22.3 Å². The SMILES string of the molecule is COc1cccc2c(C)cc(=O)n(C(C)C(=O)Nc3nnc(CC(C)C)s3)c12. The zero-order valence-electron chi connectivity index (χ0n) is 16.6. The van der Waals surface area contributed by atoms with Gasteiger partial charge in [-0.05, 0) is 31.4 Å². The Hall–Kier alpha value is -2.74. The van der Waals surface area contributed by atoms with Crippen LogP contribution in [0.5, 0.6) is 5.75 Å². The molecule has 1 unspecified atom stereocenters. The largest absolute Gasteiger partial charge is 0.495 e. The van der Waals surface area contributed by atoms with E-state index in [-0.39, 0.29) is 11.5 Å². The van der Waals surface area contributed by atoms with Gasteiger partial charge < -0.3 is 4.74 Å². The first kappa shape index (κ1) is 20.0. The molecule has 8 heteroatoms. The van der Waals surface area contributed by atoms with Gasteiger partial charge in [-0.2, -0.15) is 0 Å². The van der Waals surface area contributed by atoms with Crippen molar-refractivity contribution in [2.24, 2.45) is 5.92 Å². The first-order valence-corrected chi connectivity index (χ1v) is 9.95. The topological polar surface area (TPSA) is 86.1 Å². The Balaban J connectivity index is 1.97. The van der Waals surface area contributed by atoms with Gasteiger partial charge in [0.2, 0.25) is 11.0 Å². The summed E-state index contributed by atoms with van der Waals surface area (Å²) in [4.78, 5) is 25.6. The Morgan fingerprint density at radius 1 is 1.29 bits per heavy atom. The van der Waals surface area contributed by atoms with Gasteiger partial charge in [0.05, 0.1) is 12.6 Å². The second-order valence-corrected chi connectivity index (χ2v) is 8.22. The van der Waals surface area contributed by atoms with Gasteiger partial charge >= 0.3 is 0 Å². The van der Waals surface area contributed by atoms with E-state index < -0.39 is 6.04 Å². The summed E-state index contributed by atoms with van der Waals surface area (Å²) in [6.07, 6.45) is 0.808. The number of ether oxygens (including phenoxy) is 1. The van der Waals surface area contributed by atoms with Gasteiger partial charge in [-0.3, -0.25) is 19.5 Å². The second-order valence-electron chi connectivity index (χ2n) is 7.16. The molecule has 1 amide bonds. The summed E-state index contributed by atoms with van der Waals surface area (Å²) in [5.41, 5.74) is 1.19. The maximum absolute atomic E-state index is 12.9. The molecule has 3 aromatic rings. The van der Waals surface area contributed by atoms with E-state index in [1.54, 1.807) is 20.1 Å². The second kappa shape index (κ2) is 8.10. The van der Waals surface area contributed by atoms with Gasteiger partial charge in [0.15, 0.2) is 0 Å². The minimum Gasteiger partial charge on any atom is -0.495 e. The lowest BCUT2D eigenvalue weighted by Gasteiger charge is -2.19. The number of carbonyl (C=O) groups excluding carboxylic acids is 1. The molecule has 0 aliphatic rings. The third kappa shape index (κ3) is 3.91. The van der Waals surface area contributed by atoms with Crippen molar-refractivity contribution in [1.29, 1.82) is 0 Å². The maximum Gasteiger partial charge on any atom is 0.252 e. The summed E-state index contributed by atoms with van der Waals surface area (Å²) in [5.74, 6) is 0.680. The Kier molecular flexibility index (Phi) is 5.79. The molecule has 28 heavy (non-hydrogen) atoms. The van der Waals surface area contributed by atoms with Crippen molar-refractivity contribution in [3.05, 3.63) is 45.2 Å². The standard InChI is InChI=1S/C20H24N4O3S/c1-11(2)9-16-22-23-20(28-16)21-19(26)13(4)24-17(25)10-12(3)14-7-6-8-15(27-5)18(14)24/h6-8,10-11,13H,9H2,1-5H3,(H,21,23,26). The molecule has 2 aromatic heterocycles. The molecular weight excluding hydrogens is 376 g/mol. The smallest absolute Gasteiger partial charge is 0.252 e. The van der Waals surface area contributed by atoms with E-state index >= 15 is 0 Å². The van der Waals surface area contributed by atoms with Crippen LogP contribution < -0.4 is 15.6 Å². The quantitative estimate of drug-likeness (QED) is 0.684. The van der Waals surface area contributed by atoms with Gasteiger partial charge in [-0.15, -0.1) is 10.2 Å². The number of aryl methyl sites for hydroxylation is 1. The number of fused-ring (bicyclic) bond motifs is 1. The number of methoxy groups -OCH3 is 1. The van der Waals surface area contributed by atoms with Gasteiger partial charge in [0, 0.05) is 17.9 Å². The Bertz CT molecular complexity index is 1070. The summed E-state index contributed by atoms with van der Waals surface area (Å²) in [6.45, 7) is 7.76. The molecule has 0 aliphatic carbocycles. The number of nitrogens with zero attached hydrogens (tertiary/aromatic N) is 3. The molecule has 3 rings (SSSR count). The number of pyridine rings is 1. The number of rotatable bonds is 6. The number of nitrogens with one attached hydrogen (secondary N) is 1. The lowest BCUT2D eigenvalue weighted by Crippen LogP contribution is -2.32. The van der Waals surface area contributed by atoms with Crippen molar-refractivity contribution in [2.75, 3.05) is 12.4 Å². The van der Waals surface area contributed by atoms with Gasteiger partial charge in [-0.25, -0.2) is 0 Å². The maximum atomic E-state index is 12.9. The van der Waals surface area contributed by atoms with E-state index in [2.05, 4.69) is 29.4 Å². The molecule has 0 spiro atoms. The number of anilines is 1. The number of benzene rings is 1. The average Bonchev–Trinajstić information content (AvgIpc) is 3.07. The van der Waals surface area contributed by atoms with Crippen molar-refractivity contribution in [1.82, 2.24) is 14.8 Å². The third-order valence-electron chi connectivity index (χ3n) is 4.51. The Morgan fingerprint density at radius 2 is 2.04 bits per heavy atom. The average molecular weight is 401 g/mol. The fourth-order valence-corrected chi connectivity index (χ4v) is 4.10. The van der Waals surface area contributed by atoms with E-state index in [4.69, 9.17) is 4.74 Å². The summed E-state index contributed by atoms with van der Waals surface area (Å²) in [7, 11) is 1.55. The predicted molar refractivity (Wildman–Crippen MR) is 111 cm³/mol. The third-order valence-corrected chi connectivity index (χ3v) is 5.37. The predicted octanol–water partition coefficient (Wildman–Crippen LogP) is 3.57. The highest BCUT2D eigenvalue weighted by atomic mass is 32.1. The minimum absolute atomic E-state index is 0.255. The van der Waals surface area contributed by atoms with Crippen molar-refractivity contribution in [3.63, 3.8) is 0 Å². The van der Waals surface area contributed by atoms with E-state index in [1.807, 2.05) is 19.1 Å². The molecule has 148 valence electrons. The number of amides is 1. The molecule has 0 bridgehead atoms. The fraction of sp³-hybridized carbons (Fsp3) is 0.400. The molecule has 7 nitrogen and oxygen atoms in total. The van der Waals surface area contributed by atoms with Crippen LogP contribution >= 0.6 is 11.3 Å². The van der Waals surface area contributed by atoms with Gasteiger partial charge in [-0.1, -0.05) is 37.3 Å². The van der Waals surface area contributed by atoms with Crippen LogP contribution in [0.1, 0.15) is 37.4 Å². The van der Waals surface area contributed by atoms with Crippen LogP contribution in [0.4, 0.5) is 5.13 Å². The number of carbonyl (C=O) groups is 1. The van der Waals surface area contributed by atoms with Crippen molar-refractivity contribution < 1.29 is 9.53 Å². The fourth-order valence-electron chi connectivity index (χ4n) is 3.14. The van der Waals surface area contributed by atoms with Crippen molar-refractivity contribution in [2.45, 2.75) is 40.2 Å². The first-order chi connectivity index (χ1) is 13.3. The molecule has 2 heterocycles. The van der Waals surface area contributed by atoms with E-state index in [0.717, 1.165) is 22.4 Å². The van der Waals surface area contributed by atoms with Crippen LogP contribution in [0.25, 0.3) is 10.9 Å². The lowest BCUT2D eigenvalue weighted by molar-refractivity contribution is -0.118. The van der Waals surface area contributed by atoms with Crippen LogP contribution in [0.3, 0.4) is 0 Å². The lowest BCUT2D eigenvalue weighted by atomic mass is 10.1. The van der Waals surface area contributed by atoms with Crippen LogP contribution in [-0.2, 0) is 11.2 Å². The van der Waals surface area contributed by atoms with Crippen molar-refractivity contribution >= 4 is 33.3 Å². The molecule has 1 N–H and O–H groups in total. The monoisotopic (exact) mass is 400 g/mol. The number of aromatic nitrogens is 3. The number of para-hydroxylation sites is 1. The Labute approximate surface area is 167 Å². The summed E-state index contributed by atoms with van der Waals surface area (Å²) in [5, 5.41) is 13.1. The molecule has 1 atom stereocenters. The summed E-state index contributed by atoms with van der Waals surface area (Å²) >= 11 is 1.35. The molecule has 1 aromatic carbocycles. The highest BCUT2D eigenvalue weighted by molar-refractivity contribution is 7.15. The molecule has 0 saturated carbocycles. The molecular formula is C20H24N4O3S. The molecule has 0 aliphatic heterocycles. The van der Waals surface area contributed by atoms with Crippen LogP contribution in [-0.4, -0.2) is 27.8 Å². The zero-order valence-corrected chi connectivity index (χ0v) is 17.5. The van der Waals surface area contributed by atoms with Crippen LogP contribution in [0.2, 0.25) is 0 Å². The Morgan fingerprint density at radius 3 is 2.71 bits per heavy atom. The molecule has 0 fully saturated rings. The van der Waals surface area contributed by atoms with E-state index in [9.17, 15) is 9.59 Å². The molecule has 0 saturated heterocycles. The van der Waals surface area contributed by atoms with Gasteiger partial charge in [0.25, 0.3) is 5.56 Å². The highest BCUT2D eigenvalue weighted by Gasteiger charge is 2.22.